The van der Waals surface area contributed by atoms with Gasteiger partial charge in [0.25, 0.3) is 0 Å². The molecule has 0 aromatic heterocycles. The molecule has 2 nitrogen and oxygen atoms in total. The fourth-order valence-electron chi connectivity index (χ4n) is 3.73. The summed E-state index contributed by atoms with van der Waals surface area (Å²) in [4.78, 5) is 0. The molecule has 0 heterocycles. The number of fused-ring (bicyclic) bond motifs is 4. The third-order valence-corrected chi connectivity index (χ3v) is 4.95. The van der Waals surface area contributed by atoms with Crippen LogP contribution in [0.4, 0.5) is 5.69 Å². The second-order valence-electron chi connectivity index (χ2n) is 6.42. The molecule has 25 heavy (non-hydrogen) atoms. The SMILES string of the molecule is Nc1ccc(Oc2cccc3c2Cc2ccccc2-3)c2ccccc12. The summed E-state index contributed by atoms with van der Waals surface area (Å²) in [5.74, 6) is 1.76. The van der Waals surface area contributed by atoms with Crippen molar-refractivity contribution in [2.75, 3.05) is 5.73 Å². The van der Waals surface area contributed by atoms with E-state index in [1.807, 2.05) is 30.3 Å². The molecule has 0 radical (unpaired) electrons. The Bertz CT molecular complexity index is 1110. The van der Waals surface area contributed by atoms with Crippen LogP contribution in [0, 0.1) is 0 Å². The van der Waals surface area contributed by atoms with Gasteiger partial charge in [-0.15, -0.1) is 0 Å². The zero-order chi connectivity index (χ0) is 16.8. The first-order valence-corrected chi connectivity index (χ1v) is 8.46. The van der Waals surface area contributed by atoms with Crippen molar-refractivity contribution < 1.29 is 4.74 Å². The zero-order valence-electron chi connectivity index (χ0n) is 13.7. The van der Waals surface area contributed by atoms with Gasteiger partial charge in [-0.2, -0.15) is 0 Å². The molecule has 4 aromatic rings. The van der Waals surface area contributed by atoms with Crippen molar-refractivity contribution in [2.24, 2.45) is 0 Å². The normalized spacial score (nSPS) is 12.0. The number of anilines is 1. The van der Waals surface area contributed by atoms with E-state index in [-0.39, 0.29) is 0 Å². The molecule has 2 N–H and O–H groups in total. The topological polar surface area (TPSA) is 35.2 Å². The average Bonchev–Trinajstić information content (AvgIpc) is 3.04. The van der Waals surface area contributed by atoms with E-state index in [1.54, 1.807) is 0 Å². The standard InChI is InChI=1S/C23H17NO/c24-21-12-13-23(19-9-4-3-8-18(19)21)25-22-11-5-10-17-16-7-2-1-6-15(16)14-20(17)22/h1-13H,14,24H2. The van der Waals surface area contributed by atoms with Gasteiger partial charge < -0.3 is 10.5 Å². The highest BCUT2D eigenvalue weighted by atomic mass is 16.5. The van der Waals surface area contributed by atoms with E-state index in [0.29, 0.717) is 0 Å². The maximum Gasteiger partial charge on any atom is 0.135 e. The smallest absolute Gasteiger partial charge is 0.135 e. The van der Waals surface area contributed by atoms with E-state index in [9.17, 15) is 0 Å². The number of ether oxygens (including phenoxy) is 1. The molecule has 0 atom stereocenters. The lowest BCUT2D eigenvalue weighted by molar-refractivity contribution is 0.484. The molecule has 4 aromatic carbocycles. The second kappa shape index (κ2) is 5.38. The Labute approximate surface area is 146 Å². The van der Waals surface area contributed by atoms with Crippen molar-refractivity contribution in [3.8, 4) is 22.6 Å². The first kappa shape index (κ1) is 14.1. The highest BCUT2D eigenvalue weighted by Gasteiger charge is 2.21. The van der Waals surface area contributed by atoms with E-state index in [1.165, 1.54) is 22.3 Å². The summed E-state index contributed by atoms with van der Waals surface area (Å²) in [5, 5.41) is 2.06. The van der Waals surface area contributed by atoms with Gasteiger partial charge in [0.15, 0.2) is 0 Å². The maximum atomic E-state index is 6.37. The van der Waals surface area contributed by atoms with Crippen LogP contribution >= 0.6 is 0 Å². The van der Waals surface area contributed by atoms with Crippen LogP contribution in [-0.2, 0) is 6.42 Å². The molecule has 0 spiro atoms. The summed E-state index contributed by atoms with van der Waals surface area (Å²) in [6.07, 6.45) is 0.911. The molecular weight excluding hydrogens is 306 g/mol. The van der Waals surface area contributed by atoms with Gasteiger partial charge >= 0.3 is 0 Å². The lowest BCUT2D eigenvalue weighted by Crippen LogP contribution is -1.93. The van der Waals surface area contributed by atoms with Gasteiger partial charge in [0.1, 0.15) is 11.5 Å². The first-order valence-electron chi connectivity index (χ1n) is 8.46. The van der Waals surface area contributed by atoms with Gasteiger partial charge in [-0.05, 0) is 34.9 Å². The summed E-state index contributed by atoms with van der Waals surface area (Å²) in [5.41, 5.74) is 12.1. The van der Waals surface area contributed by atoms with Crippen molar-refractivity contribution in [3.63, 3.8) is 0 Å². The van der Waals surface area contributed by atoms with Crippen LogP contribution in [0.15, 0.2) is 78.9 Å². The Morgan fingerprint density at radius 1 is 0.640 bits per heavy atom. The van der Waals surface area contributed by atoms with Crippen LogP contribution in [0.3, 0.4) is 0 Å². The molecule has 0 saturated carbocycles. The Morgan fingerprint density at radius 3 is 2.32 bits per heavy atom. The summed E-state index contributed by atoms with van der Waals surface area (Å²) < 4.78 is 6.37. The van der Waals surface area contributed by atoms with Crippen molar-refractivity contribution >= 4 is 16.5 Å². The minimum Gasteiger partial charge on any atom is -0.456 e. The third-order valence-electron chi connectivity index (χ3n) is 4.95. The lowest BCUT2D eigenvalue weighted by atomic mass is 10.1. The first-order chi connectivity index (χ1) is 12.3. The van der Waals surface area contributed by atoms with Crippen LogP contribution in [-0.4, -0.2) is 0 Å². The summed E-state index contributed by atoms with van der Waals surface area (Å²) in [7, 11) is 0. The van der Waals surface area contributed by atoms with E-state index in [4.69, 9.17) is 10.5 Å². The van der Waals surface area contributed by atoms with E-state index in [0.717, 1.165) is 34.4 Å². The zero-order valence-corrected chi connectivity index (χ0v) is 13.7. The maximum absolute atomic E-state index is 6.37. The number of nitrogen functional groups attached to an aromatic ring is 1. The van der Waals surface area contributed by atoms with Crippen LogP contribution < -0.4 is 10.5 Å². The Balaban J connectivity index is 1.63. The predicted molar refractivity (Wildman–Crippen MR) is 103 cm³/mol. The molecule has 0 bridgehead atoms. The predicted octanol–water partition coefficient (Wildman–Crippen LogP) is 5.79. The molecule has 0 fully saturated rings. The highest BCUT2D eigenvalue weighted by Crippen LogP contribution is 2.43. The van der Waals surface area contributed by atoms with Crippen LogP contribution in [0.2, 0.25) is 0 Å². The van der Waals surface area contributed by atoms with Crippen molar-refractivity contribution in [1.29, 1.82) is 0 Å². The van der Waals surface area contributed by atoms with Gasteiger partial charge in [0.2, 0.25) is 0 Å². The molecule has 120 valence electrons. The quantitative estimate of drug-likeness (QED) is 0.418. The van der Waals surface area contributed by atoms with Gasteiger partial charge in [-0.3, -0.25) is 0 Å². The fraction of sp³-hybridized carbons (Fsp3) is 0.0435. The summed E-state index contributed by atoms with van der Waals surface area (Å²) >= 11 is 0. The molecule has 2 heteroatoms. The fourth-order valence-corrected chi connectivity index (χ4v) is 3.73. The van der Waals surface area contributed by atoms with Gasteiger partial charge in [-0.25, -0.2) is 0 Å². The summed E-state index contributed by atoms with van der Waals surface area (Å²) in [6.45, 7) is 0. The minimum absolute atomic E-state index is 0.772. The highest BCUT2D eigenvalue weighted by molar-refractivity contribution is 5.97. The molecule has 0 amide bonds. The summed E-state index contributed by atoms with van der Waals surface area (Å²) in [6, 6.07) is 26.8. The van der Waals surface area contributed by atoms with Crippen LogP contribution in [0.1, 0.15) is 11.1 Å². The van der Waals surface area contributed by atoms with Gasteiger partial charge in [-0.1, -0.05) is 60.7 Å². The lowest BCUT2D eigenvalue weighted by Gasteiger charge is -2.13. The Kier molecular flexibility index (Phi) is 3.04. The Morgan fingerprint density at radius 2 is 1.40 bits per heavy atom. The molecule has 0 aliphatic heterocycles. The van der Waals surface area contributed by atoms with Crippen molar-refractivity contribution in [1.82, 2.24) is 0 Å². The Hall–Kier alpha value is -3.26. The number of nitrogens with two attached hydrogens (primary N) is 1. The van der Waals surface area contributed by atoms with Crippen molar-refractivity contribution in [2.45, 2.75) is 6.42 Å². The molecule has 5 rings (SSSR count). The largest absolute Gasteiger partial charge is 0.456 e. The molecule has 0 unspecified atom stereocenters. The molecular formula is C23H17NO. The van der Waals surface area contributed by atoms with Gasteiger partial charge in [0.05, 0.1) is 0 Å². The van der Waals surface area contributed by atoms with Crippen LogP contribution in [0.5, 0.6) is 11.5 Å². The number of benzene rings is 4. The number of rotatable bonds is 2. The molecule has 0 saturated heterocycles. The number of hydrogen-bond donors (Lipinski definition) is 1. The van der Waals surface area contributed by atoms with E-state index < -0.39 is 0 Å². The number of hydrogen-bond acceptors (Lipinski definition) is 2. The second-order valence-corrected chi connectivity index (χ2v) is 6.42. The van der Waals surface area contributed by atoms with Crippen LogP contribution in [0.25, 0.3) is 21.9 Å². The molecule has 1 aliphatic carbocycles. The monoisotopic (exact) mass is 323 g/mol. The third kappa shape index (κ3) is 2.18. The molecule has 1 aliphatic rings. The van der Waals surface area contributed by atoms with Crippen molar-refractivity contribution in [3.05, 3.63) is 90.0 Å². The van der Waals surface area contributed by atoms with Gasteiger partial charge in [0, 0.05) is 28.4 Å². The minimum atomic E-state index is 0.772. The van der Waals surface area contributed by atoms with E-state index >= 15 is 0 Å². The van der Waals surface area contributed by atoms with E-state index in [2.05, 4.69) is 48.5 Å². The average molecular weight is 323 g/mol.